The number of benzene rings is 2. The molecule has 144 valence electrons. The maximum atomic E-state index is 13.9. The SMILES string of the molecule is COc1ccc(C(C)NC(=O)N2CCC(c3ccc(O)cc3)CC2)cc1F. The number of nitrogens with zero attached hydrogens (tertiary/aromatic N) is 1. The highest BCUT2D eigenvalue weighted by molar-refractivity contribution is 5.74. The van der Waals surface area contributed by atoms with E-state index in [1.165, 1.54) is 18.7 Å². The molecular weight excluding hydrogens is 347 g/mol. The molecule has 3 rings (SSSR count). The largest absolute Gasteiger partial charge is 0.508 e. The van der Waals surface area contributed by atoms with Gasteiger partial charge in [-0.1, -0.05) is 18.2 Å². The molecule has 2 aromatic carbocycles. The number of ether oxygens (including phenoxy) is 1. The summed E-state index contributed by atoms with van der Waals surface area (Å²) in [6, 6.07) is 11.6. The first-order chi connectivity index (χ1) is 13.0. The molecule has 0 aromatic heterocycles. The summed E-state index contributed by atoms with van der Waals surface area (Å²) in [5.41, 5.74) is 1.88. The van der Waals surface area contributed by atoms with Gasteiger partial charge in [-0.3, -0.25) is 0 Å². The van der Waals surface area contributed by atoms with Crippen molar-refractivity contribution in [2.45, 2.75) is 31.7 Å². The average Bonchev–Trinajstić information content (AvgIpc) is 2.68. The standard InChI is InChI=1S/C21H25FN2O3/c1-14(17-5-8-20(27-2)19(22)13-17)23-21(26)24-11-9-16(10-12-24)15-3-6-18(25)7-4-15/h3-8,13-14,16,25H,9-12H2,1-2H3,(H,23,26). The molecule has 2 amide bonds. The van der Waals surface area contributed by atoms with Gasteiger partial charge in [-0.25, -0.2) is 9.18 Å². The molecule has 6 heteroatoms. The molecule has 1 aliphatic rings. The van der Waals surface area contributed by atoms with E-state index in [9.17, 15) is 14.3 Å². The topological polar surface area (TPSA) is 61.8 Å². The number of hydrogen-bond acceptors (Lipinski definition) is 3. The van der Waals surface area contributed by atoms with Crippen molar-refractivity contribution < 1.29 is 19.0 Å². The van der Waals surface area contributed by atoms with Gasteiger partial charge in [0.15, 0.2) is 11.6 Å². The lowest BCUT2D eigenvalue weighted by atomic mass is 9.89. The summed E-state index contributed by atoms with van der Waals surface area (Å²) in [6.07, 6.45) is 1.76. The number of methoxy groups -OCH3 is 1. The minimum absolute atomic E-state index is 0.136. The van der Waals surface area contributed by atoms with Crippen LogP contribution in [-0.2, 0) is 0 Å². The second kappa shape index (κ2) is 8.29. The van der Waals surface area contributed by atoms with Crippen molar-refractivity contribution in [1.82, 2.24) is 10.2 Å². The van der Waals surface area contributed by atoms with Crippen LogP contribution in [-0.4, -0.2) is 36.2 Å². The van der Waals surface area contributed by atoms with Crippen LogP contribution in [0.25, 0.3) is 0 Å². The van der Waals surface area contributed by atoms with E-state index in [0.717, 1.165) is 12.8 Å². The summed E-state index contributed by atoms with van der Waals surface area (Å²) < 4.78 is 18.8. The Balaban J connectivity index is 1.54. The smallest absolute Gasteiger partial charge is 0.317 e. The third-order valence-electron chi connectivity index (χ3n) is 5.16. The summed E-state index contributed by atoms with van der Waals surface area (Å²) >= 11 is 0. The van der Waals surface area contributed by atoms with Crippen molar-refractivity contribution >= 4 is 6.03 Å². The van der Waals surface area contributed by atoms with Gasteiger partial charge in [0.2, 0.25) is 0 Å². The second-order valence-electron chi connectivity index (χ2n) is 6.92. The van der Waals surface area contributed by atoms with Gasteiger partial charge in [0.05, 0.1) is 13.2 Å². The summed E-state index contributed by atoms with van der Waals surface area (Å²) in [5.74, 6) is 0.404. The Morgan fingerprint density at radius 1 is 1.22 bits per heavy atom. The Bertz CT molecular complexity index is 787. The maximum Gasteiger partial charge on any atom is 0.317 e. The summed E-state index contributed by atoms with van der Waals surface area (Å²) in [7, 11) is 1.42. The predicted molar refractivity (Wildman–Crippen MR) is 102 cm³/mol. The molecule has 0 spiro atoms. The van der Waals surface area contributed by atoms with Crippen LogP contribution in [0, 0.1) is 5.82 Å². The Morgan fingerprint density at radius 3 is 2.48 bits per heavy atom. The number of halogens is 1. The van der Waals surface area contributed by atoms with Gasteiger partial charge in [0.1, 0.15) is 5.75 Å². The number of carbonyl (C=O) groups is 1. The molecule has 1 aliphatic heterocycles. The van der Waals surface area contributed by atoms with Crippen molar-refractivity contribution in [3.05, 3.63) is 59.4 Å². The highest BCUT2D eigenvalue weighted by Gasteiger charge is 2.25. The third-order valence-corrected chi connectivity index (χ3v) is 5.16. The molecule has 2 N–H and O–H groups in total. The highest BCUT2D eigenvalue weighted by atomic mass is 19.1. The van der Waals surface area contributed by atoms with E-state index in [0.29, 0.717) is 24.6 Å². The van der Waals surface area contributed by atoms with Gasteiger partial charge in [0.25, 0.3) is 0 Å². The highest BCUT2D eigenvalue weighted by Crippen LogP contribution is 2.29. The summed E-state index contributed by atoms with van der Waals surface area (Å²) in [4.78, 5) is 14.3. The number of phenols is 1. The number of hydrogen-bond donors (Lipinski definition) is 2. The Morgan fingerprint density at radius 2 is 1.89 bits per heavy atom. The van der Waals surface area contributed by atoms with Gasteiger partial charge in [0, 0.05) is 13.1 Å². The summed E-state index contributed by atoms with van der Waals surface area (Å²) in [5, 5.41) is 12.3. The van der Waals surface area contributed by atoms with E-state index < -0.39 is 5.82 Å². The number of likely N-dealkylation sites (tertiary alicyclic amines) is 1. The van der Waals surface area contributed by atoms with Crippen molar-refractivity contribution in [2.24, 2.45) is 0 Å². The first kappa shape index (κ1) is 19.0. The zero-order valence-electron chi connectivity index (χ0n) is 15.6. The van der Waals surface area contributed by atoms with E-state index in [4.69, 9.17) is 4.74 Å². The second-order valence-corrected chi connectivity index (χ2v) is 6.92. The van der Waals surface area contributed by atoms with E-state index in [2.05, 4.69) is 5.32 Å². The van der Waals surface area contributed by atoms with Crippen molar-refractivity contribution in [1.29, 1.82) is 0 Å². The van der Waals surface area contributed by atoms with Gasteiger partial charge < -0.3 is 20.1 Å². The molecule has 0 saturated carbocycles. The molecule has 0 aliphatic carbocycles. The van der Waals surface area contributed by atoms with Crippen LogP contribution in [0.5, 0.6) is 11.5 Å². The molecule has 0 bridgehead atoms. The van der Waals surface area contributed by atoms with Crippen molar-refractivity contribution in [2.75, 3.05) is 20.2 Å². The lowest BCUT2D eigenvalue weighted by Gasteiger charge is -2.33. The van der Waals surface area contributed by atoms with Crippen LogP contribution in [0.15, 0.2) is 42.5 Å². The Labute approximate surface area is 158 Å². The number of urea groups is 1. The lowest BCUT2D eigenvalue weighted by Crippen LogP contribution is -2.44. The Kier molecular flexibility index (Phi) is 5.84. The molecular formula is C21H25FN2O3. The maximum absolute atomic E-state index is 13.9. The van der Waals surface area contributed by atoms with Gasteiger partial charge in [-0.05, 0) is 61.1 Å². The number of carbonyl (C=O) groups excluding carboxylic acids is 1. The van der Waals surface area contributed by atoms with E-state index in [1.807, 2.05) is 19.1 Å². The first-order valence-corrected chi connectivity index (χ1v) is 9.15. The lowest BCUT2D eigenvalue weighted by molar-refractivity contribution is 0.178. The van der Waals surface area contributed by atoms with E-state index in [1.54, 1.807) is 29.2 Å². The average molecular weight is 372 g/mol. The molecule has 1 unspecified atom stereocenters. The van der Waals surface area contributed by atoms with Crippen LogP contribution >= 0.6 is 0 Å². The van der Waals surface area contributed by atoms with Gasteiger partial charge >= 0.3 is 6.03 Å². The molecule has 1 heterocycles. The molecule has 2 aromatic rings. The number of piperidine rings is 1. The van der Waals surface area contributed by atoms with E-state index >= 15 is 0 Å². The van der Waals surface area contributed by atoms with Crippen molar-refractivity contribution in [3.63, 3.8) is 0 Å². The quantitative estimate of drug-likeness (QED) is 0.846. The van der Waals surface area contributed by atoms with Crippen molar-refractivity contribution in [3.8, 4) is 11.5 Å². The molecule has 5 nitrogen and oxygen atoms in total. The monoisotopic (exact) mass is 372 g/mol. The number of phenolic OH excluding ortho intramolecular Hbond substituents is 1. The fourth-order valence-corrected chi connectivity index (χ4v) is 3.47. The zero-order valence-corrected chi connectivity index (χ0v) is 15.6. The number of rotatable bonds is 4. The normalized spacial score (nSPS) is 16.0. The minimum atomic E-state index is -0.439. The molecule has 1 atom stereocenters. The van der Waals surface area contributed by atoms with Gasteiger partial charge in [-0.15, -0.1) is 0 Å². The molecule has 27 heavy (non-hydrogen) atoms. The van der Waals surface area contributed by atoms with Crippen LogP contribution in [0.2, 0.25) is 0 Å². The summed E-state index contributed by atoms with van der Waals surface area (Å²) in [6.45, 7) is 3.17. The van der Waals surface area contributed by atoms with E-state index in [-0.39, 0.29) is 23.6 Å². The Hall–Kier alpha value is -2.76. The molecule has 1 fully saturated rings. The van der Waals surface area contributed by atoms with Crippen LogP contribution in [0.1, 0.15) is 42.9 Å². The zero-order chi connectivity index (χ0) is 19.4. The number of nitrogens with one attached hydrogen (secondary N) is 1. The minimum Gasteiger partial charge on any atom is -0.508 e. The molecule has 0 radical (unpaired) electrons. The third kappa shape index (κ3) is 4.51. The van der Waals surface area contributed by atoms with Gasteiger partial charge in [-0.2, -0.15) is 0 Å². The van der Waals surface area contributed by atoms with Crippen LogP contribution in [0.3, 0.4) is 0 Å². The first-order valence-electron chi connectivity index (χ1n) is 9.15. The number of amides is 2. The molecule has 1 saturated heterocycles. The fourth-order valence-electron chi connectivity index (χ4n) is 3.47. The van der Waals surface area contributed by atoms with Crippen LogP contribution < -0.4 is 10.1 Å². The number of aromatic hydroxyl groups is 1. The fraction of sp³-hybridized carbons (Fsp3) is 0.381. The van der Waals surface area contributed by atoms with Crippen LogP contribution in [0.4, 0.5) is 9.18 Å². The predicted octanol–water partition coefficient (Wildman–Crippen LogP) is 4.19.